The van der Waals surface area contributed by atoms with Crippen LogP contribution in [0, 0.1) is 0 Å². The van der Waals surface area contributed by atoms with Crippen LogP contribution < -0.4 is 0 Å². The molecule has 0 saturated carbocycles. The molecule has 0 bridgehead atoms. The molecule has 0 aliphatic rings. The second-order valence-electron chi connectivity index (χ2n) is 15.2. The standard InChI is InChI=1S/C55H35N3/c1-2-16-37(17-3-1)50-35-48(55-43-20-5-4-15-36(43)29-30-49(55)56-50)39-19-14-18-38(31-39)40-32-41(57-51-25-10-6-21-44(51)45-22-7-11-26-52(45)57)34-42(33-40)58-53-27-12-8-23-46(53)47-24-9-13-28-54(47)58/h1-35H. The van der Waals surface area contributed by atoms with Crippen LogP contribution in [-0.4, -0.2) is 14.1 Å². The Morgan fingerprint density at radius 2 is 0.793 bits per heavy atom. The Kier molecular flexibility index (Phi) is 7.23. The van der Waals surface area contributed by atoms with Gasteiger partial charge in [-0.2, -0.15) is 0 Å². The molecule has 58 heavy (non-hydrogen) atoms. The fraction of sp³-hybridized carbons (Fsp3) is 0. The lowest BCUT2D eigenvalue weighted by atomic mass is 9.92. The molecule has 0 spiro atoms. The van der Waals surface area contributed by atoms with E-state index in [1.54, 1.807) is 0 Å². The Morgan fingerprint density at radius 1 is 0.310 bits per heavy atom. The highest BCUT2D eigenvalue weighted by Gasteiger charge is 2.18. The Labute approximate surface area is 335 Å². The van der Waals surface area contributed by atoms with Crippen molar-refractivity contribution >= 4 is 65.3 Å². The number of benzene rings is 9. The smallest absolute Gasteiger partial charge is 0.0722 e. The van der Waals surface area contributed by atoms with Gasteiger partial charge in [0.1, 0.15) is 0 Å². The van der Waals surface area contributed by atoms with Crippen LogP contribution in [0.25, 0.3) is 110 Å². The molecule has 3 heterocycles. The van der Waals surface area contributed by atoms with Crippen LogP contribution in [0.3, 0.4) is 0 Å². The van der Waals surface area contributed by atoms with Crippen molar-refractivity contribution in [1.29, 1.82) is 0 Å². The van der Waals surface area contributed by atoms with Gasteiger partial charge in [0.15, 0.2) is 0 Å². The van der Waals surface area contributed by atoms with Gasteiger partial charge in [-0.05, 0) is 93.7 Å². The molecular weight excluding hydrogens is 703 g/mol. The third-order valence-electron chi connectivity index (χ3n) is 11.9. The second kappa shape index (κ2) is 12.9. The van der Waals surface area contributed by atoms with Crippen LogP contribution in [0.15, 0.2) is 212 Å². The zero-order valence-corrected chi connectivity index (χ0v) is 31.5. The lowest BCUT2D eigenvalue weighted by Crippen LogP contribution is -2.00. The molecule has 0 N–H and O–H groups in total. The molecule has 3 nitrogen and oxygen atoms in total. The summed E-state index contributed by atoms with van der Waals surface area (Å²) in [7, 11) is 0. The average Bonchev–Trinajstić information content (AvgIpc) is 3.82. The molecule has 0 aliphatic heterocycles. The summed E-state index contributed by atoms with van der Waals surface area (Å²) in [6.07, 6.45) is 0. The molecule has 0 aliphatic carbocycles. The first kappa shape index (κ1) is 32.5. The summed E-state index contributed by atoms with van der Waals surface area (Å²) >= 11 is 0. The first-order valence-corrected chi connectivity index (χ1v) is 19.9. The third kappa shape index (κ3) is 5.04. The summed E-state index contributed by atoms with van der Waals surface area (Å²) < 4.78 is 4.87. The molecule has 3 aromatic heterocycles. The minimum absolute atomic E-state index is 0.964. The molecular formula is C55H35N3. The minimum atomic E-state index is 0.964. The molecule has 3 heteroatoms. The summed E-state index contributed by atoms with van der Waals surface area (Å²) in [6.45, 7) is 0. The minimum Gasteiger partial charge on any atom is -0.309 e. The van der Waals surface area contributed by atoms with Crippen molar-refractivity contribution in [3.8, 4) is 44.9 Å². The Balaban J connectivity index is 1.14. The molecule has 0 radical (unpaired) electrons. The SMILES string of the molecule is c1ccc(-c2cc(-c3cccc(-c4cc(-n5c6ccccc6c6ccccc65)cc(-n5c6ccccc6c6ccccc65)c4)c3)c3c(ccc4ccccc43)n2)cc1. The highest BCUT2D eigenvalue weighted by molar-refractivity contribution is 6.14. The Bertz CT molecular complexity index is 3330. The van der Waals surface area contributed by atoms with Crippen LogP contribution >= 0.6 is 0 Å². The van der Waals surface area contributed by atoms with Gasteiger partial charge < -0.3 is 9.13 Å². The van der Waals surface area contributed by atoms with Crippen LogP contribution in [0.5, 0.6) is 0 Å². The number of nitrogens with zero attached hydrogens (tertiary/aromatic N) is 3. The van der Waals surface area contributed by atoms with Gasteiger partial charge in [-0.25, -0.2) is 4.98 Å². The lowest BCUT2D eigenvalue weighted by molar-refractivity contribution is 1.13. The fourth-order valence-corrected chi connectivity index (χ4v) is 9.28. The van der Waals surface area contributed by atoms with Gasteiger partial charge in [-0.15, -0.1) is 0 Å². The predicted octanol–water partition coefficient (Wildman–Crippen LogP) is 14.6. The molecule has 12 aromatic rings. The number of fused-ring (bicyclic) bond motifs is 9. The van der Waals surface area contributed by atoms with Gasteiger partial charge in [-0.1, -0.05) is 152 Å². The van der Waals surface area contributed by atoms with Crippen molar-refractivity contribution in [3.05, 3.63) is 212 Å². The number of para-hydroxylation sites is 4. The van der Waals surface area contributed by atoms with E-state index < -0.39 is 0 Å². The fourth-order valence-electron chi connectivity index (χ4n) is 9.28. The molecule has 0 atom stereocenters. The van der Waals surface area contributed by atoms with Crippen LogP contribution in [-0.2, 0) is 0 Å². The number of rotatable bonds is 5. The Hall–Kier alpha value is -7.75. The number of pyridine rings is 1. The normalized spacial score (nSPS) is 11.8. The van der Waals surface area contributed by atoms with E-state index in [1.807, 2.05) is 0 Å². The van der Waals surface area contributed by atoms with E-state index in [0.29, 0.717) is 0 Å². The van der Waals surface area contributed by atoms with E-state index in [9.17, 15) is 0 Å². The second-order valence-corrected chi connectivity index (χ2v) is 15.2. The summed E-state index contributed by atoms with van der Waals surface area (Å²) in [5, 5.41) is 8.56. The van der Waals surface area contributed by atoms with Crippen LogP contribution in [0.2, 0.25) is 0 Å². The predicted molar refractivity (Wildman–Crippen MR) is 244 cm³/mol. The summed E-state index contributed by atoms with van der Waals surface area (Å²) in [5.74, 6) is 0. The van der Waals surface area contributed by atoms with Crippen molar-refractivity contribution in [1.82, 2.24) is 14.1 Å². The van der Waals surface area contributed by atoms with Gasteiger partial charge in [0.2, 0.25) is 0 Å². The number of hydrogen-bond donors (Lipinski definition) is 0. The quantitative estimate of drug-likeness (QED) is 0.161. The zero-order chi connectivity index (χ0) is 38.2. The third-order valence-corrected chi connectivity index (χ3v) is 11.9. The van der Waals surface area contributed by atoms with Gasteiger partial charge in [0.25, 0.3) is 0 Å². The van der Waals surface area contributed by atoms with E-state index in [1.165, 1.54) is 65.3 Å². The Morgan fingerprint density at radius 3 is 1.38 bits per heavy atom. The molecule has 270 valence electrons. The molecule has 0 fully saturated rings. The van der Waals surface area contributed by atoms with E-state index >= 15 is 0 Å². The molecule has 9 aromatic carbocycles. The van der Waals surface area contributed by atoms with Crippen molar-refractivity contribution < 1.29 is 0 Å². The summed E-state index contributed by atoms with van der Waals surface area (Å²) in [4.78, 5) is 5.24. The zero-order valence-electron chi connectivity index (χ0n) is 31.5. The van der Waals surface area contributed by atoms with Gasteiger partial charge in [0, 0.05) is 43.9 Å². The van der Waals surface area contributed by atoms with Crippen molar-refractivity contribution in [2.75, 3.05) is 0 Å². The van der Waals surface area contributed by atoms with E-state index in [2.05, 4.69) is 221 Å². The van der Waals surface area contributed by atoms with Crippen LogP contribution in [0.4, 0.5) is 0 Å². The maximum absolute atomic E-state index is 5.24. The largest absolute Gasteiger partial charge is 0.309 e. The summed E-state index contributed by atoms with van der Waals surface area (Å²) in [5.41, 5.74) is 14.6. The molecule has 0 amide bonds. The molecule has 12 rings (SSSR count). The maximum Gasteiger partial charge on any atom is 0.0722 e. The number of aromatic nitrogens is 3. The maximum atomic E-state index is 5.24. The van der Waals surface area contributed by atoms with Crippen LogP contribution in [0.1, 0.15) is 0 Å². The summed E-state index contributed by atoms with van der Waals surface area (Å²) in [6, 6.07) is 77.0. The van der Waals surface area contributed by atoms with Crippen molar-refractivity contribution in [2.24, 2.45) is 0 Å². The first-order chi connectivity index (χ1) is 28.8. The average molecular weight is 738 g/mol. The van der Waals surface area contributed by atoms with Gasteiger partial charge >= 0.3 is 0 Å². The highest BCUT2D eigenvalue weighted by atomic mass is 15.0. The topological polar surface area (TPSA) is 22.8 Å². The van der Waals surface area contributed by atoms with Gasteiger partial charge in [-0.3, -0.25) is 0 Å². The van der Waals surface area contributed by atoms with Crippen molar-refractivity contribution in [3.63, 3.8) is 0 Å². The van der Waals surface area contributed by atoms with E-state index in [0.717, 1.165) is 44.8 Å². The van der Waals surface area contributed by atoms with E-state index in [-0.39, 0.29) is 0 Å². The number of hydrogen-bond acceptors (Lipinski definition) is 1. The monoisotopic (exact) mass is 737 g/mol. The van der Waals surface area contributed by atoms with E-state index in [4.69, 9.17) is 4.98 Å². The van der Waals surface area contributed by atoms with Gasteiger partial charge in [0.05, 0.1) is 33.3 Å². The lowest BCUT2D eigenvalue weighted by Gasteiger charge is -2.17. The molecule has 0 unspecified atom stereocenters. The van der Waals surface area contributed by atoms with Crippen molar-refractivity contribution in [2.45, 2.75) is 0 Å². The molecule has 0 saturated heterocycles. The first-order valence-electron chi connectivity index (χ1n) is 19.9. The highest BCUT2D eigenvalue weighted by Crippen LogP contribution is 2.41.